The van der Waals surface area contributed by atoms with Crippen LogP contribution in [0.2, 0.25) is 70.8 Å². The van der Waals surface area contributed by atoms with Gasteiger partial charge in [-0.2, -0.15) is 0 Å². The molecule has 4 saturated heterocycles. The first-order valence-electron chi connectivity index (χ1n) is 17.9. The molecular formula is C25H62O12Si8Sn. The zero-order valence-electron chi connectivity index (χ0n) is 30.6. The minimum atomic E-state index is -4.12. The van der Waals surface area contributed by atoms with E-state index in [2.05, 4.69) is 68.1 Å². The van der Waals surface area contributed by atoms with Gasteiger partial charge in [-0.1, -0.05) is 0 Å². The van der Waals surface area contributed by atoms with E-state index in [1.807, 2.05) is 13.8 Å². The Bertz CT molecular complexity index is 993. The Morgan fingerprint density at radius 2 is 0.739 bits per heavy atom. The molecule has 4 atom stereocenters. The molecule has 0 aromatic heterocycles. The molecule has 0 radical (unpaired) electrons. The minimum absolute atomic E-state index is 0.464. The SMILES string of the molecule is CCC[CH2][Sn]1([CH2]CCC)[O][Si]2(CC)O[Si]3(CC)O[Si](CC)(O[Si](C)(C)C)O[Si]4(CC)O[Si](CC)(O3)O[Si](CC)(O2)O[Si](CC)(O4)[O]1. The number of hydrogen-bond donors (Lipinski definition) is 0. The van der Waals surface area contributed by atoms with Crippen LogP contribution in [-0.2, 0) is 46.7 Å². The van der Waals surface area contributed by atoms with Gasteiger partial charge in [0.15, 0.2) is 0 Å². The van der Waals surface area contributed by atoms with E-state index in [1.165, 1.54) is 0 Å². The quantitative estimate of drug-likeness (QED) is 0.150. The maximum absolute atomic E-state index is 7.64. The van der Waals surface area contributed by atoms with Crippen LogP contribution in [0.4, 0.5) is 0 Å². The topological polar surface area (TPSA) is 111 Å². The second-order valence-corrected chi connectivity index (χ2v) is 52.6. The molecule has 4 aliphatic rings. The molecule has 4 unspecified atom stereocenters. The Hall–Kier alpha value is 2.05. The molecule has 4 aliphatic heterocycles. The summed E-state index contributed by atoms with van der Waals surface area (Å²) >= 11 is -4.12. The summed E-state index contributed by atoms with van der Waals surface area (Å²) < 4.78 is 90.5. The molecular weight excluding hydrogens is 836 g/mol. The van der Waals surface area contributed by atoms with Crippen LogP contribution in [0.25, 0.3) is 0 Å². The van der Waals surface area contributed by atoms with Gasteiger partial charge in [0.05, 0.1) is 0 Å². The Morgan fingerprint density at radius 1 is 0.435 bits per heavy atom. The van der Waals surface area contributed by atoms with Crippen LogP contribution in [0.3, 0.4) is 0 Å². The van der Waals surface area contributed by atoms with Gasteiger partial charge in [-0.3, -0.25) is 0 Å². The van der Waals surface area contributed by atoms with Crippen LogP contribution in [-0.4, -0.2) is 89.2 Å². The average Bonchev–Trinajstić information content (AvgIpc) is 2.98. The van der Waals surface area contributed by atoms with Crippen molar-refractivity contribution in [2.45, 2.75) is 159 Å². The molecule has 12 nitrogen and oxygen atoms in total. The summed E-state index contributed by atoms with van der Waals surface area (Å²) in [5.74, 6) is 0. The van der Waals surface area contributed by atoms with Crippen LogP contribution in [0.15, 0.2) is 0 Å². The van der Waals surface area contributed by atoms with Gasteiger partial charge in [0.1, 0.15) is 0 Å². The first-order valence-corrected chi connectivity index (χ1v) is 41.2. The van der Waals surface area contributed by atoms with E-state index in [1.54, 1.807) is 0 Å². The van der Waals surface area contributed by atoms with Crippen molar-refractivity contribution in [3.05, 3.63) is 0 Å². The third-order valence-electron chi connectivity index (χ3n) is 8.80. The van der Waals surface area contributed by atoms with Crippen LogP contribution in [0, 0.1) is 0 Å². The van der Waals surface area contributed by atoms with E-state index < -0.39 is 89.2 Å². The van der Waals surface area contributed by atoms with Gasteiger partial charge in [0.2, 0.25) is 0 Å². The Kier molecular flexibility index (Phi) is 13.5. The van der Waals surface area contributed by atoms with E-state index in [4.69, 9.17) is 46.7 Å². The molecule has 0 aliphatic carbocycles. The van der Waals surface area contributed by atoms with Crippen molar-refractivity contribution in [3.63, 3.8) is 0 Å². The predicted molar refractivity (Wildman–Crippen MR) is 195 cm³/mol. The van der Waals surface area contributed by atoms with Crippen molar-refractivity contribution in [1.82, 2.24) is 0 Å². The van der Waals surface area contributed by atoms with Crippen molar-refractivity contribution < 1.29 is 46.7 Å². The molecule has 0 saturated carbocycles. The fourth-order valence-electron chi connectivity index (χ4n) is 6.36. The summed E-state index contributed by atoms with van der Waals surface area (Å²) in [5, 5.41) is 0. The molecule has 21 heteroatoms. The summed E-state index contributed by atoms with van der Waals surface area (Å²) in [6, 6.07) is 3.43. The first-order chi connectivity index (χ1) is 21.5. The zero-order chi connectivity index (χ0) is 34.2. The number of hydrogen-bond acceptors (Lipinski definition) is 12. The van der Waals surface area contributed by atoms with Crippen molar-refractivity contribution in [1.29, 1.82) is 0 Å². The maximum atomic E-state index is 7.64. The van der Waals surface area contributed by atoms with Crippen LogP contribution < -0.4 is 0 Å². The molecule has 4 rings (SSSR count). The molecule has 0 amide bonds. The van der Waals surface area contributed by atoms with Crippen molar-refractivity contribution >= 4 is 89.2 Å². The zero-order valence-corrected chi connectivity index (χ0v) is 41.4. The second-order valence-electron chi connectivity index (χ2n) is 13.7. The summed E-state index contributed by atoms with van der Waals surface area (Å²) in [6.45, 7) is 25.3. The molecule has 0 N–H and O–H groups in total. The molecule has 0 aromatic carbocycles. The summed E-state index contributed by atoms with van der Waals surface area (Å²) in [5.41, 5.74) is 0. The van der Waals surface area contributed by atoms with Crippen molar-refractivity contribution in [2.24, 2.45) is 0 Å². The van der Waals surface area contributed by atoms with Crippen molar-refractivity contribution in [3.8, 4) is 0 Å². The van der Waals surface area contributed by atoms with Gasteiger partial charge in [-0.15, -0.1) is 0 Å². The van der Waals surface area contributed by atoms with E-state index in [9.17, 15) is 0 Å². The van der Waals surface area contributed by atoms with Crippen LogP contribution in [0.5, 0.6) is 0 Å². The van der Waals surface area contributed by atoms with E-state index in [-0.39, 0.29) is 0 Å². The molecule has 0 spiro atoms. The monoisotopic (exact) mass is 898 g/mol. The average molecular weight is 898 g/mol. The summed E-state index contributed by atoms with van der Waals surface area (Å²) in [4.78, 5) is 0. The van der Waals surface area contributed by atoms with Gasteiger partial charge in [-0.05, 0) is 0 Å². The van der Waals surface area contributed by atoms with Gasteiger partial charge in [0.25, 0.3) is 0 Å². The fourth-order valence-corrected chi connectivity index (χ4v) is 76.8. The first kappa shape index (κ1) is 40.8. The fraction of sp³-hybridized carbons (Fsp3) is 1.00. The molecule has 4 heterocycles. The second kappa shape index (κ2) is 15.2. The third kappa shape index (κ3) is 8.47. The third-order valence-corrected chi connectivity index (χ3v) is 60.4. The predicted octanol–water partition coefficient (Wildman–Crippen LogP) is 7.83. The van der Waals surface area contributed by atoms with E-state index in [0.29, 0.717) is 42.3 Å². The van der Waals surface area contributed by atoms with Crippen LogP contribution >= 0.6 is 0 Å². The Balaban J connectivity index is 2.11. The number of fused-ring (bicyclic) bond motifs is 4. The van der Waals surface area contributed by atoms with Gasteiger partial charge >= 0.3 is 295 Å². The number of rotatable bonds is 15. The summed E-state index contributed by atoms with van der Waals surface area (Å²) in [7, 11) is -27.7. The number of unbranched alkanes of at least 4 members (excludes halogenated alkanes) is 2. The molecule has 0 aromatic rings. The van der Waals surface area contributed by atoms with E-state index >= 15 is 0 Å². The molecule has 4 fully saturated rings. The van der Waals surface area contributed by atoms with Crippen molar-refractivity contribution in [2.75, 3.05) is 0 Å². The van der Waals surface area contributed by atoms with Gasteiger partial charge < -0.3 is 0 Å². The van der Waals surface area contributed by atoms with Crippen LogP contribution in [0.1, 0.15) is 88.0 Å². The Labute approximate surface area is 292 Å². The molecule has 6 bridgehead atoms. The standard InChI is InChI=1S/C17H44O12Si8.2C4H9.Sn/c1-11-31(18)21-34(14-4)22-32(19,12-2)24-36(16-6)26-33(13-3,20-30(8,9)10)25-35(15-5,23-31)28-37(17-7,27-34)29-36;2*1-3-4-2;/h11-17H2,1-10H3;2*1,3-4H2,2H3;/q-2;;;+2. The van der Waals surface area contributed by atoms with E-state index in [0.717, 1.165) is 34.6 Å². The summed E-state index contributed by atoms with van der Waals surface area (Å²) in [6.07, 6.45) is 4.04. The Morgan fingerprint density at radius 3 is 1.00 bits per heavy atom. The molecule has 270 valence electrons. The van der Waals surface area contributed by atoms with Gasteiger partial charge in [0, 0.05) is 0 Å². The van der Waals surface area contributed by atoms with Gasteiger partial charge in [-0.25, -0.2) is 0 Å². The normalized spacial score (nSPS) is 42.5. The molecule has 46 heavy (non-hydrogen) atoms.